The summed E-state index contributed by atoms with van der Waals surface area (Å²) in [6, 6.07) is 22.8. The zero-order chi connectivity index (χ0) is 22.5. The fourth-order valence-corrected chi connectivity index (χ4v) is 4.44. The average Bonchev–Trinajstić information content (AvgIpc) is 3.07. The van der Waals surface area contributed by atoms with E-state index in [1.165, 1.54) is 16.7 Å². The van der Waals surface area contributed by atoms with Crippen LogP contribution < -0.4 is 20.3 Å². The van der Waals surface area contributed by atoms with Gasteiger partial charge in [0.15, 0.2) is 0 Å². The number of urea groups is 1. The third-order valence-corrected chi connectivity index (χ3v) is 6.02. The van der Waals surface area contributed by atoms with Gasteiger partial charge in [-0.25, -0.2) is 9.69 Å². The molecule has 0 spiro atoms. The van der Waals surface area contributed by atoms with Gasteiger partial charge < -0.3 is 15.4 Å². The van der Waals surface area contributed by atoms with Crippen molar-refractivity contribution < 1.29 is 19.1 Å². The number of para-hydroxylation sites is 1. The topological polar surface area (TPSA) is 87.7 Å². The van der Waals surface area contributed by atoms with Gasteiger partial charge in [0.25, 0.3) is 0 Å². The Balaban J connectivity index is 1.41. The first-order valence-electron chi connectivity index (χ1n) is 9.94. The first kappa shape index (κ1) is 21.5. The molecule has 4 rings (SSSR count). The molecule has 0 radical (unpaired) electrons. The van der Waals surface area contributed by atoms with Crippen LogP contribution in [0.25, 0.3) is 0 Å². The van der Waals surface area contributed by atoms with Gasteiger partial charge in [-0.15, -0.1) is 11.8 Å². The maximum absolute atomic E-state index is 12.9. The number of ether oxygens (including phenoxy) is 1. The highest BCUT2D eigenvalue weighted by Crippen LogP contribution is 2.35. The fourth-order valence-electron chi connectivity index (χ4n) is 3.33. The Morgan fingerprint density at radius 2 is 1.62 bits per heavy atom. The van der Waals surface area contributed by atoms with Gasteiger partial charge in [0, 0.05) is 22.7 Å². The van der Waals surface area contributed by atoms with Crippen LogP contribution >= 0.6 is 11.8 Å². The van der Waals surface area contributed by atoms with E-state index in [2.05, 4.69) is 10.6 Å². The van der Waals surface area contributed by atoms with Gasteiger partial charge in [0.1, 0.15) is 5.75 Å². The normalized spacial score (nSPS) is 15.5. The summed E-state index contributed by atoms with van der Waals surface area (Å²) in [4.78, 5) is 39.7. The number of thioether (sulfide) groups is 1. The van der Waals surface area contributed by atoms with Crippen LogP contribution in [-0.2, 0) is 9.59 Å². The van der Waals surface area contributed by atoms with Crippen molar-refractivity contribution in [1.29, 1.82) is 0 Å². The van der Waals surface area contributed by atoms with E-state index in [-0.39, 0.29) is 24.3 Å². The second-order valence-electron chi connectivity index (χ2n) is 7.05. The predicted molar refractivity (Wildman–Crippen MR) is 125 cm³/mol. The molecule has 0 saturated carbocycles. The number of imide groups is 1. The van der Waals surface area contributed by atoms with E-state index in [4.69, 9.17) is 4.74 Å². The van der Waals surface area contributed by atoms with Gasteiger partial charge in [-0.1, -0.05) is 24.3 Å². The number of rotatable bonds is 6. The fraction of sp³-hybridized carbons (Fsp3) is 0.125. The number of nitrogens with zero attached hydrogens (tertiary/aromatic N) is 1. The molecule has 1 aliphatic heterocycles. The van der Waals surface area contributed by atoms with Crippen LogP contribution in [0.4, 0.5) is 21.9 Å². The zero-order valence-electron chi connectivity index (χ0n) is 17.3. The van der Waals surface area contributed by atoms with Crippen LogP contribution in [0.2, 0.25) is 0 Å². The van der Waals surface area contributed by atoms with Crippen LogP contribution in [0.1, 0.15) is 6.42 Å². The minimum absolute atomic E-state index is 0.113. The second kappa shape index (κ2) is 9.57. The van der Waals surface area contributed by atoms with E-state index in [9.17, 15) is 14.4 Å². The minimum Gasteiger partial charge on any atom is -0.497 e. The highest BCUT2D eigenvalue weighted by atomic mass is 32.2. The number of anilines is 3. The number of hydrogen-bond donors (Lipinski definition) is 2. The zero-order valence-corrected chi connectivity index (χ0v) is 18.1. The summed E-state index contributed by atoms with van der Waals surface area (Å²) in [6.45, 7) is 0. The lowest BCUT2D eigenvalue weighted by atomic mass is 10.3. The van der Waals surface area contributed by atoms with Crippen molar-refractivity contribution in [2.45, 2.75) is 16.6 Å². The van der Waals surface area contributed by atoms with Gasteiger partial charge in [-0.3, -0.25) is 9.59 Å². The summed E-state index contributed by atoms with van der Waals surface area (Å²) in [7, 11) is 1.56. The predicted octanol–water partition coefficient (Wildman–Crippen LogP) is 4.76. The van der Waals surface area contributed by atoms with Gasteiger partial charge in [0.05, 0.1) is 18.0 Å². The number of methoxy groups -OCH3 is 1. The Hall–Kier alpha value is -3.78. The molecule has 0 aliphatic carbocycles. The molecule has 1 saturated heterocycles. The maximum Gasteiger partial charge on any atom is 0.323 e. The lowest BCUT2D eigenvalue weighted by Crippen LogP contribution is -2.31. The molecule has 1 aliphatic rings. The molecule has 1 unspecified atom stereocenters. The highest BCUT2D eigenvalue weighted by molar-refractivity contribution is 8.00. The molecule has 2 N–H and O–H groups in total. The monoisotopic (exact) mass is 447 g/mol. The van der Waals surface area contributed by atoms with Crippen molar-refractivity contribution in [2.24, 2.45) is 0 Å². The van der Waals surface area contributed by atoms with Crippen molar-refractivity contribution in [1.82, 2.24) is 0 Å². The third kappa shape index (κ3) is 4.92. The Bertz CT molecular complexity index is 1140. The van der Waals surface area contributed by atoms with Crippen LogP contribution in [0.15, 0.2) is 83.8 Å². The summed E-state index contributed by atoms with van der Waals surface area (Å²) < 4.78 is 5.13. The number of carbonyl (C=O) groups excluding carboxylic acids is 3. The first-order chi connectivity index (χ1) is 15.5. The number of carbonyl (C=O) groups is 3. The van der Waals surface area contributed by atoms with E-state index in [0.717, 1.165) is 4.90 Å². The van der Waals surface area contributed by atoms with E-state index < -0.39 is 5.25 Å². The molecule has 1 heterocycles. The van der Waals surface area contributed by atoms with Crippen LogP contribution in [-0.4, -0.2) is 30.2 Å². The number of benzene rings is 3. The summed E-state index contributed by atoms with van der Waals surface area (Å²) in [5, 5.41) is 5.01. The third-order valence-electron chi connectivity index (χ3n) is 4.84. The lowest BCUT2D eigenvalue weighted by molar-refractivity contribution is -0.121. The molecular formula is C24H21N3O4S. The summed E-state index contributed by atoms with van der Waals surface area (Å²) >= 11 is 1.31. The number of amides is 4. The smallest absolute Gasteiger partial charge is 0.323 e. The number of hydrogen-bond acceptors (Lipinski definition) is 5. The van der Waals surface area contributed by atoms with E-state index in [1.807, 2.05) is 24.3 Å². The van der Waals surface area contributed by atoms with Crippen molar-refractivity contribution in [3.05, 3.63) is 78.9 Å². The molecule has 3 aromatic carbocycles. The van der Waals surface area contributed by atoms with E-state index in [1.54, 1.807) is 61.7 Å². The van der Waals surface area contributed by atoms with Crippen molar-refractivity contribution in [3.63, 3.8) is 0 Å². The standard InChI is InChI=1S/C24H21N3O4S/c1-31-19-12-10-18(11-13-19)27-22(28)15-21(23(27)29)32-20-9-5-8-17(14-20)26-24(30)25-16-6-3-2-4-7-16/h2-14,21H,15H2,1H3,(H2,25,26,30). The largest absolute Gasteiger partial charge is 0.497 e. The lowest BCUT2D eigenvalue weighted by Gasteiger charge is -2.15. The van der Waals surface area contributed by atoms with E-state index in [0.29, 0.717) is 22.8 Å². The van der Waals surface area contributed by atoms with Gasteiger partial charge >= 0.3 is 6.03 Å². The molecular weight excluding hydrogens is 426 g/mol. The highest BCUT2D eigenvalue weighted by Gasteiger charge is 2.40. The van der Waals surface area contributed by atoms with Crippen LogP contribution in [0, 0.1) is 0 Å². The molecule has 162 valence electrons. The Morgan fingerprint density at radius 1 is 0.938 bits per heavy atom. The quantitative estimate of drug-likeness (QED) is 0.532. The molecule has 7 nitrogen and oxygen atoms in total. The van der Waals surface area contributed by atoms with Gasteiger partial charge in [0.2, 0.25) is 11.8 Å². The minimum atomic E-state index is -0.530. The molecule has 8 heteroatoms. The van der Waals surface area contributed by atoms with E-state index >= 15 is 0 Å². The Labute approximate surface area is 189 Å². The first-order valence-corrected chi connectivity index (χ1v) is 10.8. The molecule has 0 bridgehead atoms. The summed E-state index contributed by atoms with van der Waals surface area (Å²) in [5.74, 6) is 0.152. The van der Waals surface area contributed by atoms with Gasteiger partial charge in [-0.2, -0.15) is 0 Å². The van der Waals surface area contributed by atoms with Crippen LogP contribution in [0.3, 0.4) is 0 Å². The second-order valence-corrected chi connectivity index (χ2v) is 8.33. The SMILES string of the molecule is COc1ccc(N2C(=O)CC(Sc3cccc(NC(=O)Nc4ccccc4)c3)C2=O)cc1. The molecule has 0 aromatic heterocycles. The Kier molecular flexibility index (Phi) is 6.42. The average molecular weight is 448 g/mol. The Morgan fingerprint density at radius 3 is 2.34 bits per heavy atom. The summed E-state index contributed by atoms with van der Waals surface area (Å²) in [6.07, 6.45) is 0.113. The molecule has 3 aromatic rings. The molecule has 1 fully saturated rings. The maximum atomic E-state index is 12.9. The van der Waals surface area contributed by atoms with Crippen LogP contribution in [0.5, 0.6) is 5.75 Å². The van der Waals surface area contributed by atoms with Crippen molar-refractivity contribution >= 4 is 46.7 Å². The van der Waals surface area contributed by atoms with Crippen molar-refractivity contribution in [3.8, 4) is 5.75 Å². The number of nitrogens with one attached hydrogen (secondary N) is 2. The molecule has 1 atom stereocenters. The molecule has 32 heavy (non-hydrogen) atoms. The summed E-state index contributed by atoms with van der Waals surface area (Å²) in [5.41, 5.74) is 1.80. The van der Waals surface area contributed by atoms with Crippen molar-refractivity contribution in [2.75, 3.05) is 22.6 Å². The molecule has 4 amide bonds. The van der Waals surface area contributed by atoms with Gasteiger partial charge in [-0.05, 0) is 54.6 Å².